The summed E-state index contributed by atoms with van der Waals surface area (Å²) >= 11 is 6.63. The SMILES string of the molecule is COCCCNc1nc2ccccn2c(=O)c1/C=C1\SC(=S)N(C[C@H]2CCCO2)C1=O. The van der Waals surface area contributed by atoms with Crippen molar-refractivity contribution in [1.82, 2.24) is 14.3 Å². The standard InChI is InChI=1S/C21H24N4O4S2/c1-28-10-5-8-22-18-15(19(26)24-9-3-2-7-17(24)23-18)12-16-20(27)25(21(30)31-16)13-14-6-4-11-29-14/h2-3,7,9,12,14,22H,4-6,8,10-11,13H2,1H3/b16-12-/t14-/m1/s1. The Morgan fingerprint density at radius 2 is 2.29 bits per heavy atom. The van der Waals surface area contributed by atoms with Gasteiger partial charge in [-0.25, -0.2) is 4.98 Å². The number of amides is 1. The number of nitrogens with one attached hydrogen (secondary N) is 1. The number of fused-ring (bicyclic) bond motifs is 1. The number of ether oxygens (including phenoxy) is 2. The Morgan fingerprint density at radius 3 is 3.06 bits per heavy atom. The van der Waals surface area contributed by atoms with Crippen LogP contribution in [0.1, 0.15) is 24.8 Å². The maximum atomic E-state index is 13.2. The second kappa shape index (κ2) is 9.90. The number of nitrogens with zero attached hydrogens (tertiary/aromatic N) is 3. The molecular formula is C21H24N4O4S2. The van der Waals surface area contributed by atoms with E-state index in [2.05, 4.69) is 10.3 Å². The number of rotatable bonds is 8. The second-order valence-corrected chi connectivity index (χ2v) is 8.98. The third-order valence-electron chi connectivity index (χ3n) is 5.15. The molecule has 1 N–H and O–H groups in total. The van der Waals surface area contributed by atoms with Crippen molar-refractivity contribution in [2.45, 2.75) is 25.4 Å². The highest BCUT2D eigenvalue weighted by molar-refractivity contribution is 8.26. The molecule has 1 atom stereocenters. The van der Waals surface area contributed by atoms with Gasteiger partial charge in [-0.2, -0.15) is 0 Å². The van der Waals surface area contributed by atoms with Crippen molar-refractivity contribution >= 4 is 51.7 Å². The predicted octanol–water partition coefficient (Wildman–Crippen LogP) is 2.52. The van der Waals surface area contributed by atoms with E-state index in [-0.39, 0.29) is 17.6 Å². The Morgan fingerprint density at radius 1 is 1.42 bits per heavy atom. The van der Waals surface area contributed by atoms with E-state index in [4.69, 9.17) is 21.7 Å². The molecule has 8 nitrogen and oxygen atoms in total. The zero-order valence-corrected chi connectivity index (χ0v) is 18.8. The monoisotopic (exact) mass is 460 g/mol. The van der Waals surface area contributed by atoms with Crippen LogP contribution in [0.25, 0.3) is 11.7 Å². The highest BCUT2D eigenvalue weighted by Gasteiger charge is 2.35. The third-order valence-corrected chi connectivity index (χ3v) is 6.52. The van der Waals surface area contributed by atoms with Crippen molar-refractivity contribution in [3.63, 3.8) is 0 Å². The molecule has 0 saturated carbocycles. The number of carbonyl (C=O) groups is 1. The van der Waals surface area contributed by atoms with Gasteiger partial charge in [-0.1, -0.05) is 30.0 Å². The number of pyridine rings is 1. The number of methoxy groups -OCH3 is 1. The molecule has 2 aromatic rings. The predicted molar refractivity (Wildman–Crippen MR) is 125 cm³/mol. The van der Waals surface area contributed by atoms with Gasteiger partial charge in [0, 0.05) is 33.1 Å². The fraction of sp³-hybridized carbons (Fsp3) is 0.429. The van der Waals surface area contributed by atoms with Crippen molar-refractivity contribution < 1.29 is 14.3 Å². The highest BCUT2D eigenvalue weighted by atomic mass is 32.2. The molecule has 2 aliphatic rings. The number of hydrogen-bond acceptors (Lipinski definition) is 8. The number of carbonyl (C=O) groups excluding carboxylic acids is 1. The van der Waals surface area contributed by atoms with E-state index >= 15 is 0 Å². The van der Waals surface area contributed by atoms with Gasteiger partial charge in [0.05, 0.1) is 23.1 Å². The van der Waals surface area contributed by atoms with Crippen molar-refractivity contribution in [2.24, 2.45) is 0 Å². The molecule has 10 heteroatoms. The summed E-state index contributed by atoms with van der Waals surface area (Å²) in [5.74, 6) is 0.241. The quantitative estimate of drug-likeness (QED) is 0.366. The van der Waals surface area contributed by atoms with Gasteiger partial charge in [0.15, 0.2) is 0 Å². The zero-order chi connectivity index (χ0) is 21.8. The van der Waals surface area contributed by atoms with E-state index in [0.29, 0.717) is 52.6 Å². The summed E-state index contributed by atoms with van der Waals surface area (Å²) in [7, 11) is 1.64. The minimum Gasteiger partial charge on any atom is -0.385 e. The summed E-state index contributed by atoms with van der Waals surface area (Å²) in [5.41, 5.74) is 0.618. The van der Waals surface area contributed by atoms with E-state index < -0.39 is 0 Å². The van der Waals surface area contributed by atoms with Gasteiger partial charge in [0.25, 0.3) is 11.5 Å². The van der Waals surface area contributed by atoms with Gasteiger partial charge in [-0.05, 0) is 37.5 Å². The van der Waals surface area contributed by atoms with Crippen LogP contribution in [-0.2, 0) is 14.3 Å². The molecule has 0 aliphatic carbocycles. The number of anilines is 1. The van der Waals surface area contributed by atoms with Gasteiger partial charge >= 0.3 is 0 Å². The Kier molecular flexibility index (Phi) is 7.01. The van der Waals surface area contributed by atoms with Crippen LogP contribution in [0.3, 0.4) is 0 Å². The maximum absolute atomic E-state index is 13.2. The van der Waals surface area contributed by atoms with Gasteiger partial charge in [0.1, 0.15) is 15.8 Å². The minimum absolute atomic E-state index is 0.00724. The first-order valence-electron chi connectivity index (χ1n) is 10.2. The molecular weight excluding hydrogens is 436 g/mol. The first kappa shape index (κ1) is 21.9. The highest BCUT2D eigenvalue weighted by Crippen LogP contribution is 2.34. The van der Waals surface area contributed by atoms with E-state index in [1.165, 1.54) is 16.2 Å². The Hall–Kier alpha value is -2.27. The molecule has 0 bridgehead atoms. The van der Waals surface area contributed by atoms with E-state index in [9.17, 15) is 9.59 Å². The van der Waals surface area contributed by atoms with Crippen molar-refractivity contribution in [1.29, 1.82) is 0 Å². The number of hydrogen-bond donors (Lipinski definition) is 1. The molecule has 4 rings (SSSR count). The number of thiocarbonyl (C=S) groups is 1. The summed E-state index contributed by atoms with van der Waals surface area (Å²) in [5, 5.41) is 3.21. The Bertz CT molecular complexity index is 1080. The lowest BCUT2D eigenvalue weighted by atomic mass is 10.2. The van der Waals surface area contributed by atoms with E-state index in [1.54, 1.807) is 36.4 Å². The van der Waals surface area contributed by atoms with Crippen molar-refractivity contribution in [3.05, 3.63) is 45.2 Å². The third kappa shape index (κ3) is 4.82. The summed E-state index contributed by atoms with van der Waals surface area (Å²) in [6, 6.07) is 5.37. The van der Waals surface area contributed by atoms with Gasteiger partial charge in [0.2, 0.25) is 0 Å². The van der Waals surface area contributed by atoms with Crippen molar-refractivity contribution in [2.75, 3.05) is 38.7 Å². The largest absolute Gasteiger partial charge is 0.385 e. The molecule has 0 aromatic carbocycles. The molecule has 0 radical (unpaired) electrons. The van der Waals surface area contributed by atoms with Crippen LogP contribution >= 0.6 is 24.0 Å². The first-order chi connectivity index (χ1) is 15.1. The van der Waals surface area contributed by atoms with Crippen LogP contribution in [0.5, 0.6) is 0 Å². The molecule has 0 unspecified atom stereocenters. The summed E-state index contributed by atoms with van der Waals surface area (Å²) < 4.78 is 12.7. The van der Waals surface area contributed by atoms with Crippen LogP contribution in [0, 0.1) is 0 Å². The summed E-state index contributed by atoms with van der Waals surface area (Å²) in [4.78, 5) is 32.8. The topological polar surface area (TPSA) is 85.2 Å². The molecule has 2 aliphatic heterocycles. The van der Waals surface area contributed by atoms with Gasteiger partial charge in [-0.3, -0.25) is 18.9 Å². The average Bonchev–Trinajstić information content (AvgIpc) is 3.38. The molecule has 1 amide bonds. The van der Waals surface area contributed by atoms with Crippen molar-refractivity contribution in [3.8, 4) is 0 Å². The van der Waals surface area contributed by atoms with E-state index in [1.807, 2.05) is 6.07 Å². The normalized spacial score (nSPS) is 20.4. The zero-order valence-electron chi connectivity index (χ0n) is 17.2. The van der Waals surface area contributed by atoms with Crippen LogP contribution in [0.2, 0.25) is 0 Å². The molecule has 0 spiro atoms. The molecule has 31 heavy (non-hydrogen) atoms. The molecule has 2 aromatic heterocycles. The first-order valence-corrected chi connectivity index (χ1v) is 11.4. The Labute approximate surface area is 189 Å². The lowest BCUT2D eigenvalue weighted by Gasteiger charge is -2.18. The smallest absolute Gasteiger partial charge is 0.267 e. The lowest BCUT2D eigenvalue weighted by molar-refractivity contribution is -0.123. The van der Waals surface area contributed by atoms with E-state index in [0.717, 1.165) is 19.3 Å². The second-order valence-electron chi connectivity index (χ2n) is 7.31. The van der Waals surface area contributed by atoms with Gasteiger partial charge < -0.3 is 14.8 Å². The van der Waals surface area contributed by atoms with Crippen LogP contribution in [-0.4, -0.2) is 64.0 Å². The fourth-order valence-electron chi connectivity index (χ4n) is 3.57. The maximum Gasteiger partial charge on any atom is 0.267 e. The summed E-state index contributed by atoms with van der Waals surface area (Å²) in [6.45, 7) is 2.34. The number of aromatic nitrogens is 2. The van der Waals surface area contributed by atoms with Crippen LogP contribution in [0.15, 0.2) is 34.1 Å². The van der Waals surface area contributed by atoms with Gasteiger partial charge in [-0.15, -0.1) is 0 Å². The molecule has 4 heterocycles. The molecule has 2 fully saturated rings. The molecule has 164 valence electrons. The lowest BCUT2D eigenvalue weighted by Crippen LogP contribution is -2.35. The Balaban J connectivity index is 1.66. The fourth-order valence-corrected chi connectivity index (χ4v) is 4.83. The van der Waals surface area contributed by atoms with Crippen LogP contribution in [0.4, 0.5) is 5.82 Å². The number of thioether (sulfide) groups is 1. The molecule has 2 saturated heterocycles. The minimum atomic E-state index is -0.246. The summed E-state index contributed by atoms with van der Waals surface area (Å²) in [6.07, 6.45) is 5.94. The van der Waals surface area contributed by atoms with Crippen LogP contribution < -0.4 is 10.9 Å². The average molecular weight is 461 g/mol.